The van der Waals surface area contributed by atoms with E-state index >= 15 is 0 Å². The van der Waals surface area contributed by atoms with Gasteiger partial charge in [0.2, 0.25) is 0 Å². The molecule has 1 aliphatic carbocycles. The summed E-state index contributed by atoms with van der Waals surface area (Å²) in [5, 5.41) is 14.1. The van der Waals surface area contributed by atoms with Gasteiger partial charge in [-0.1, -0.05) is 27.7 Å². The lowest BCUT2D eigenvalue weighted by Gasteiger charge is -2.09. The van der Waals surface area contributed by atoms with Crippen molar-refractivity contribution in [1.29, 1.82) is 0 Å². The molecule has 0 spiro atoms. The van der Waals surface area contributed by atoms with E-state index in [4.69, 9.17) is 0 Å². The van der Waals surface area contributed by atoms with Crippen LogP contribution in [0.25, 0.3) is 0 Å². The minimum Gasteiger partial charge on any atom is -0.379 e. The molecule has 0 saturated heterocycles. The molecule has 1 aliphatic rings. The van der Waals surface area contributed by atoms with Gasteiger partial charge < -0.3 is 5.32 Å². The highest BCUT2D eigenvalue weighted by Gasteiger charge is 2.64. The number of rotatable bonds is 4. The fourth-order valence-electron chi connectivity index (χ4n) is 2.88. The van der Waals surface area contributed by atoms with E-state index in [0.717, 1.165) is 6.07 Å². The zero-order valence-corrected chi connectivity index (χ0v) is 13.5. The molecule has 110 valence electrons. The average Bonchev–Trinajstić information content (AvgIpc) is 2.70. The van der Waals surface area contributed by atoms with Crippen LogP contribution in [-0.2, 0) is 0 Å². The maximum absolute atomic E-state index is 13.4. The van der Waals surface area contributed by atoms with Crippen molar-refractivity contribution < 1.29 is 9.31 Å². The summed E-state index contributed by atoms with van der Waals surface area (Å²) in [5.74, 6) is -0.201. The van der Waals surface area contributed by atoms with Gasteiger partial charge in [0, 0.05) is 6.54 Å². The Hall–Kier alpha value is -1.17. The van der Waals surface area contributed by atoms with E-state index in [1.54, 1.807) is 0 Å². The Kier molecular flexibility index (Phi) is 3.57. The van der Waals surface area contributed by atoms with Gasteiger partial charge in [0.25, 0.3) is 5.69 Å². The number of nitrogens with one attached hydrogen (secondary N) is 1. The fourth-order valence-corrected chi connectivity index (χ4v) is 3.23. The van der Waals surface area contributed by atoms with E-state index in [9.17, 15) is 14.5 Å². The van der Waals surface area contributed by atoms with E-state index in [0.29, 0.717) is 18.2 Å². The van der Waals surface area contributed by atoms with Gasteiger partial charge in [0.15, 0.2) is 0 Å². The van der Waals surface area contributed by atoms with Crippen molar-refractivity contribution in [2.75, 3.05) is 11.9 Å². The molecular weight excluding hydrogens is 327 g/mol. The number of hydrogen-bond acceptors (Lipinski definition) is 3. The molecule has 0 amide bonds. The summed E-state index contributed by atoms with van der Waals surface area (Å²) in [4.78, 5) is 10.4. The highest BCUT2D eigenvalue weighted by molar-refractivity contribution is 9.10. The number of halogens is 2. The fraction of sp³-hybridized carbons (Fsp3) is 0.571. The Labute approximate surface area is 126 Å². The molecule has 0 bridgehead atoms. The molecule has 0 aromatic heterocycles. The van der Waals surface area contributed by atoms with Gasteiger partial charge in [-0.25, -0.2) is 4.39 Å². The van der Waals surface area contributed by atoms with Crippen molar-refractivity contribution in [3.8, 4) is 0 Å². The number of anilines is 1. The number of nitro benzene ring substituents is 1. The standard InChI is InChI=1S/C14H18BrFN2O2/c1-13(2)12(14(13,3)4)7-17-10-5-8(15)9(16)6-11(10)18(19)20/h5-6,12,17H,7H2,1-4H3. The molecule has 1 N–H and O–H groups in total. The smallest absolute Gasteiger partial charge is 0.295 e. The van der Waals surface area contributed by atoms with Crippen molar-refractivity contribution >= 4 is 27.3 Å². The molecule has 0 heterocycles. The van der Waals surface area contributed by atoms with Crippen LogP contribution >= 0.6 is 15.9 Å². The van der Waals surface area contributed by atoms with Crippen molar-refractivity contribution in [2.45, 2.75) is 27.7 Å². The lowest BCUT2D eigenvalue weighted by Crippen LogP contribution is -2.10. The minimum absolute atomic E-state index is 0.200. The molecular formula is C14H18BrFN2O2. The van der Waals surface area contributed by atoms with Crippen LogP contribution in [0.1, 0.15) is 27.7 Å². The Morgan fingerprint density at radius 1 is 1.35 bits per heavy atom. The van der Waals surface area contributed by atoms with E-state index in [2.05, 4.69) is 48.9 Å². The molecule has 0 radical (unpaired) electrons. The monoisotopic (exact) mass is 344 g/mol. The zero-order chi connectivity index (χ0) is 15.3. The highest BCUT2D eigenvalue weighted by Crippen LogP contribution is 2.68. The van der Waals surface area contributed by atoms with Crippen LogP contribution in [0.3, 0.4) is 0 Å². The van der Waals surface area contributed by atoms with Gasteiger partial charge in [0.1, 0.15) is 11.5 Å². The van der Waals surface area contributed by atoms with Gasteiger partial charge in [-0.3, -0.25) is 10.1 Å². The van der Waals surface area contributed by atoms with Crippen LogP contribution in [-0.4, -0.2) is 11.5 Å². The molecule has 0 atom stereocenters. The SMILES string of the molecule is CC1(C)C(CNc2cc(Br)c(F)cc2[N+](=O)[O-])C1(C)C. The van der Waals surface area contributed by atoms with Crippen molar-refractivity contribution in [2.24, 2.45) is 16.7 Å². The number of hydrogen-bond donors (Lipinski definition) is 1. The molecule has 2 rings (SSSR count). The predicted octanol–water partition coefficient (Wildman–Crippen LogP) is 4.59. The van der Waals surface area contributed by atoms with E-state index in [1.165, 1.54) is 6.07 Å². The third kappa shape index (κ3) is 2.30. The highest BCUT2D eigenvalue weighted by atomic mass is 79.9. The molecule has 20 heavy (non-hydrogen) atoms. The maximum atomic E-state index is 13.4. The van der Waals surface area contributed by atoms with Gasteiger partial charge in [-0.15, -0.1) is 0 Å². The third-order valence-electron chi connectivity index (χ3n) is 5.05. The largest absolute Gasteiger partial charge is 0.379 e. The Bertz CT molecular complexity index is 559. The first kappa shape index (κ1) is 15.2. The van der Waals surface area contributed by atoms with Crippen LogP contribution in [0.5, 0.6) is 0 Å². The molecule has 1 aromatic rings. The number of nitrogens with zero attached hydrogens (tertiary/aromatic N) is 1. The first-order valence-electron chi connectivity index (χ1n) is 6.46. The Morgan fingerprint density at radius 2 is 1.90 bits per heavy atom. The van der Waals surface area contributed by atoms with Gasteiger partial charge >= 0.3 is 0 Å². The maximum Gasteiger partial charge on any atom is 0.295 e. The molecule has 1 saturated carbocycles. The Balaban J connectivity index is 2.19. The molecule has 0 aliphatic heterocycles. The van der Waals surface area contributed by atoms with Crippen molar-refractivity contribution in [3.63, 3.8) is 0 Å². The van der Waals surface area contributed by atoms with Crippen LogP contribution in [0.2, 0.25) is 0 Å². The second-order valence-electron chi connectivity index (χ2n) is 6.42. The molecule has 4 nitrogen and oxygen atoms in total. The summed E-state index contributed by atoms with van der Waals surface area (Å²) < 4.78 is 13.6. The normalized spacial score (nSPS) is 19.7. The van der Waals surface area contributed by atoms with Gasteiger partial charge in [0.05, 0.1) is 15.5 Å². The second kappa shape index (κ2) is 4.69. The second-order valence-corrected chi connectivity index (χ2v) is 7.27. The van der Waals surface area contributed by atoms with E-state index in [-0.39, 0.29) is 21.0 Å². The van der Waals surface area contributed by atoms with Crippen LogP contribution in [0.4, 0.5) is 15.8 Å². The summed E-state index contributed by atoms with van der Waals surface area (Å²) in [6.07, 6.45) is 0. The van der Waals surface area contributed by atoms with Gasteiger partial charge in [-0.2, -0.15) is 0 Å². The first-order chi connectivity index (χ1) is 9.09. The first-order valence-corrected chi connectivity index (χ1v) is 7.25. The van der Waals surface area contributed by atoms with E-state index in [1.807, 2.05) is 0 Å². The lowest BCUT2D eigenvalue weighted by molar-refractivity contribution is -0.384. The number of nitro groups is 1. The van der Waals surface area contributed by atoms with Gasteiger partial charge in [-0.05, 0) is 38.7 Å². The summed E-state index contributed by atoms with van der Waals surface area (Å²) in [7, 11) is 0. The lowest BCUT2D eigenvalue weighted by atomic mass is 10.0. The topological polar surface area (TPSA) is 55.2 Å². The summed E-state index contributed by atoms with van der Waals surface area (Å²) in [6, 6.07) is 2.37. The van der Waals surface area contributed by atoms with Crippen molar-refractivity contribution in [3.05, 3.63) is 32.5 Å². The van der Waals surface area contributed by atoms with E-state index < -0.39 is 10.7 Å². The Morgan fingerprint density at radius 3 is 2.35 bits per heavy atom. The van der Waals surface area contributed by atoms with Crippen LogP contribution in [0.15, 0.2) is 16.6 Å². The zero-order valence-electron chi connectivity index (χ0n) is 12.0. The molecule has 6 heteroatoms. The van der Waals surface area contributed by atoms with Crippen molar-refractivity contribution in [1.82, 2.24) is 0 Å². The third-order valence-corrected chi connectivity index (χ3v) is 5.66. The van der Waals surface area contributed by atoms with Crippen LogP contribution in [0, 0.1) is 32.7 Å². The minimum atomic E-state index is -0.630. The molecule has 0 unspecified atom stereocenters. The summed E-state index contributed by atoms with van der Waals surface area (Å²) in [5.41, 5.74) is 0.515. The predicted molar refractivity (Wildman–Crippen MR) is 80.3 cm³/mol. The molecule has 1 aromatic carbocycles. The quantitative estimate of drug-likeness (QED) is 0.641. The summed E-state index contributed by atoms with van der Waals surface area (Å²) >= 11 is 3.06. The summed E-state index contributed by atoms with van der Waals surface area (Å²) in [6.45, 7) is 9.39. The molecule has 1 fully saturated rings. The average molecular weight is 345 g/mol. The number of benzene rings is 1. The van der Waals surface area contributed by atoms with Crippen LogP contribution < -0.4 is 5.32 Å².